The van der Waals surface area contributed by atoms with Crippen LogP contribution in [-0.4, -0.2) is 64.5 Å². The third kappa shape index (κ3) is 7.76. The monoisotopic (exact) mass is 332 g/mol. The molecule has 11 heteroatoms. The molecule has 130 valence electrons. The number of carbonyl (C=O) groups is 5. The van der Waals surface area contributed by atoms with E-state index in [1.807, 2.05) is 0 Å². The number of hydrogen-bond donors (Lipinski definition) is 6. The molecule has 0 saturated heterocycles. The first-order valence-corrected chi connectivity index (χ1v) is 6.63. The smallest absolute Gasteiger partial charge is 0.325 e. The number of carboxylic acid groups (broad SMARTS) is 2. The number of nitrogens with one attached hydrogen (secondary N) is 3. The molecule has 3 unspecified atom stereocenters. The normalized spacial score (nSPS) is 14.0. The topological polar surface area (TPSA) is 188 Å². The first-order valence-electron chi connectivity index (χ1n) is 6.63. The van der Waals surface area contributed by atoms with Crippen LogP contribution in [-0.2, 0) is 24.0 Å². The zero-order valence-electron chi connectivity index (χ0n) is 12.7. The van der Waals surface area contributed by atoms with Crippen LogP contribution in [0.25, 0.3) is 0 Å². The molecule has 11 nitrogen and oxygen atoms in total. The Kier molecular flexibility index (Phi) is 8.26. The van der Waals surface area contributed by atoms with Gasteiger partial charge < -0.3 is 31.9 Å². The van der Waals surface area contributed by atoms with E-state index in [0.29, 0.717) is 0 Å². The molecule has 0 aliphatic rings. The highest BCUT2D eigenvalue weighted by atomic mass is 16.4. The zero-order chi connectivity index (χ0) is 18.2. The first kappa shape index (κ1) is 20.3. The molecule has 0 saturated carbocycles. The maximum Gasteiger partial charge on any atom is 0.325 e. The van der Waals surface area contributed by atoms with Gasteiger partial charge in [-0.25, -0.2) is 0 Å². The van der Waals surface area contributed by atoms with Gasteiger partial charge in [-0.15, -0.1) is 0 Å². The van der Waals surface area contributed by atoms with Crippen LogP contribution in [0.3, 0.4) is 0 Å². The van der Waals surface area contributed by atoms with Gasteiger partial charge in [0, 0.05) is 0 Å². The van der Waals surface area contributed by atoms with Gasteiger partial charge in [-0.05, 0) is 13.8 Å². The molecule has 0 aromatic heterocycles. The average Bonchev–Trinajstić information content (AvgIpc) is 2.45. The highest BCUT2D eigenvalue weighted by Crippen LogP contribution is 1.97. The van der Waals surface area contributed by atoms with Crippen LogP contribution in [0.15, 0.2) is 0 Å². The molecule has 0 fully saturated rings. The van der Waals surface area contributed by atoms with Crippen molar-refractivity contribution in [3.8, 4) is 0 Å². The van der Waals surface area contributed by atoms with Crippen LogP contribution < -0.4 is 21.7 Å². The van der Waals surface area contributed by atoms with Crippen LogP contribution >= 0.6 is 0 Å². The number of rotatable bonds is 9. The second-order valence-electron chi connectivity index (χ2n) is 4.72. The molecule has 3 amide bonds. The van der Waals surface area contributed by atoms with Crippen molar-refractivity contribution in [2.24, 2.45) is 5.73 Å². The van der Waals surface area contributed by atoms with Crippen molar-refractivity contribution in [3.63, 3.8) is 0 Å². The molecule has 0 bridgehead atoms. The summed E-state index contributed by atoms with van der Waals surface area (Å²) in [4.78, 5) is 56.3. The third-order valence-corrected chi connectivity index (χ3v) is 2.70. The van der Waals surface area contributed by atoms with Crippen molar-refractivity contribution in [1.82, 2.24) is 16.0 Å². The van der Waals surface area contributed by atoms with E-state index in [1.54, 1.807) is 0 Å². The Morgan fingerprint density at radius 3 is 1.91 bits per heavy atom. The van der Waals surface area contributed by atoms with Gasteiger partial charge in [-0.3, -0.25) is 24.0 Å². The van der Waals surface area contributed by atoms with E-state index in [1.165, 1.54) is 13.8 Å². The Hall–Kier alpha value is -2.69. The van der Waals surface area contributed by atoms with Crippen LogP contribution in [0.1, 0.15) is 20.3 Å². The number of nitrogens with two attached hydrogens (primary N) is 1. The fourth-order valence-electron chi connectivity index (χ4n) is 1.42. The fraction of sp³-hybridized carbons (Fsp3) is 0.583. The molecule has 0 aromatic rings. The molecular weight excluding hydrogens is 312 g/mol. The van der Waals surface area contributed by atoms with Gasteiger partial charge in [0.2, 0.25) is 17.7 Å². The molecule has 0 heterocycles. The fourth-order valence-corrected chi connectivity index (χ4v) is 1.42. The number of aliphatic carboxylic acids is 2. The summed E-state index contributed by atoms with van der Waals surface area (Å²) in [6.45, 7) is 2.16. The molecule has 23 heavy (non-hydrogen) atoms. The van der Waals surface area contributed by atoms with E-state index in [2.05, 4.69) is 16.0 Å². The summed E-state index contributed by atoms with van der Waals surface area (Å²) in [7, 11) is 0. The summed E-state index contributed by atoms with van der Waals surface area (Å²) in [6, 6.07) is -3.80. The predicted octanol–water partition coefficient (Wildman–Crippen LogP) is -3.00. The van der Waals surface area contributed by atoms with E-state index < -0.39 is 54.2 Å². The average molecular weight is 332 g/mol. The van der Waals surface area contributed by atoms with Crippen molar-refractivity contribution in [1.29, 1.82) is 0 Å². The lowest BCUT2D eigenvalue weighted by Gasteiger charge is -2.21. The van der Waals surface area contributed by atoms with Crippen LogP contribution in [0, 0.1) is 0 Å². The lowest BCUT2D eigenvalue weighted by molar-refractivity contribution is -0.143. The summed E-state index contributed by atoms with van der Waals surface area (Å²) in [6.07, 6.45) is -0.749. The Labute approximate surface area is 131 Å². The number of hydrogen-bond acceptors (Lipinski definition) is 6. The van der Waals surface area contributed by atoms with Crippen LogP contribution in [0.2, 0.25) is 0 Å². The Morgan fingerprint density at radius 1 is 0.913 bits per heavy atom. The van der Waals surface area contributed by atoms with E-state index >= 15 is 0 Å². The molecule has 0 aliphatic carbocycles. The van der Waals surface area contributed by atoms with E-state index in [4.69, 9.17) is 15.9 Å². The zero-order valence-corrected chi connectivity index (χ0v) is 12.7. The Bertz CT molecular complexity index is 494. The number of amides is 3. The SMILES string of the molecule is CC(NC(=O)C(CC(=O)O)NC(=O)C(C)NC(=O)CN)C(=O)O. The number of carboxylic acids is 2. The standard InChI is InChI=1S/C12H20N4O7/c1-5(14-8(17)4-13)10(20)16-7(3-9(18)19)11(21)15-6(2)12(22)23/h5-7H,3-4,13H2,1-2H3,(H,14,17)(H,15,21)(H,16,20)(H,18,19)(H,22,23). The lowest BCUT2D eigenvalue weighted by Crippen LogP contribution is -2.55. The van der Waals surface area contributed by atoms with Crippen molar-refractivity contribution in [2.45, 2.75) is 38.4 Å². The highest BCUT2D eigenvalue weighted by molar-refractivity contribution is 5.95. The van der Waals surface area contributed by atoms with Gasteiger partial charge in [0.15, 0.2) is 0 Å². The minimum atomic E-state index is -1.49. The molecule has 0 aromatic carbocycles. The van der Waals surface area contributed by atoms with Crippen molar-refractivity contribution >= 4 is 29.7 Å². The number of carbonyl (C=O) groups excluding carboxylic acids is 3. The summed E-state index contributed by atoms with van der Waals surface area (Å²) >= 11 is 0. The van der Waals surface area contributed by atoms with E-state index in [9.17, 15) is 24.0 Å². The maximum atomic E-state index is 11.9. The second kappa shape index (κ2) is 9.35. The van der Waals surface area contributed by atoms with Gasteiger partial charge in [-0.1, -0.05) is 0 Å². The van der Waals surface area contributed by atoms with Crippen molar-refractivity contribution in [2.75, 3.05) is 6.54 Å². The molecule has 0 aliphatic heterocycles. The van der Waals surface area contributed by atoms with Crippen LogP contribution in [0.5, 0.6) is 0 Å². The molecule has 7 N–H and O–H groups in total. The Morgan fingerprint density at radius 2 is 1.48 bits per heavy atom. The van der Waals surface area contributed by atoms with Crippen molar-refractivity contribution < 1.29 is 34.2 Å². The molecular formula is C12H20N4O7. The Balaban J connectivity index is 4.87. The molecule has 3 atom stereocenters. The summed E-state index contributed by atoms with van der Waals surface area (Å²) < 4.78 is 0. The van der Waals surface area contributed by atoms with E-state index in [-0.39, 0.29) is 6.54 Å². The van der Waals surface area contributed by atoms with Crippen molar-refractivity contribution in [3.05, 3.63) is 0 Å². The summed E-state index contributed by atoms with van der Waals surface area (Å²) in [5.74, 6) is -5.06. The van der Waals surface area contributed by atoms with Gasteiger partial charge in [0.05, 0.1) is 13.0 Å². The van der Waals surface area contributed by atoms with Gasteiger partial charge in [0.25, 0.3) is 0 Å². The minimum absolute atomic E-state index is 0.340. The second-order valence-corrected chi connectivity index (χ2v) is 4.72. The summed E-state index contributed by atoms with van der Waals surface area (Å²) in [5, 5.41) is 23.9. The minimum Gasteiger partial charge on any atom is -0.481 e. The van der Waals surface area contributed by atoms with Gasteiger partial charge in [0.1, 0.15) is 18.1 Å². The maximum absolute atomic E-state index is 11.9. The quantitative estimate of drug-likeness (QED) is 0.257. The lowest BCUT2D eigenvalue weighted by atomic mass is 10.1. The van der Waals surface area contributed by atoms with Crippen LogP contribution in [0.4, 0.5) is 0 Å². The molecule has 0 rings (SSSR count). The summed E-state index contributed by atoms with van der Waals surface area (Å²) in [5.41, 5.74) is 5.08. The van der Waals surface area contributed by atoms with Gasteiger partial charge >= 0.3 is 11.9 Å². The highest BCUT2D eigenvalue weighted by Gasteiger charge is 2.28. The first-order chi connectivity index (χ1) is 10.6. The van der Waals surface area contributed by atoms with E-state index in [0.717, 1.165) is 0 Å². The van der Waals surface area contributed by atoms with Gasteiger partial charge in [-0.2, -0.15) is 0 Å². The molecule has 0 radical (unpaired) electrons. The largest absolute Gasteiger partial charge is 0.481 e. The predicted molar refractivity (Wildman–Crippen MR) is 76.1 cm³/mol. The molecule has 0 spiro atoms. The third-order valence-electron chi connectivity index (χ3n) is 2.70.